The maximum absolute atomic E-state index is 12.2. The first kappa shape index (κ1) is 16.7. The van der Waals surface area contributed by atoms with E-state index in [1.54, 1.807) is 0 Å². The molecule has 2 heterocycles. The number of hydrogen-bond acceptors (Lipinski definition) is 4. The van der Waals surface area contributed by atoms with Crippen LogP contribution in [0, 0.1) is 0 Å². The van der Waals surface area contributed by atoms with Crippen molar-refractivity contribution in [3.63, 3.8) is 0 Å². The van der Waals surface area contributed by atoms with E-state index < -0.39 is 0 Å². The number of ether oxygens (including phenoxy) is 2. The molecule has 19 heavy (non-hydrogen) atoms. The number of nitrogens with zero attached hydrogens (tertiary/aromatic N) is 1. The van der Waals surface area contributed by atoms with Gasteiger partial charge in [-0.3, -0.25) is 4.79 Å². The first-order valence-electron chi connectivity index (χ1n) is 6.93. The van der Waals surface area contributed by atoms with Crippen LogP contribution in [0.25, 0.3) is 0 Å². The van der Waals surface area contributed by atoms with Crippen LogP contribution in [0.5, 0.6) is 0 Å². The highest BCUT2D eigenvalue weighted by atomic mass is 35.5. The van der Waals surface area contributed by atoms with Crippen LogP contribution in [-0.4, -0.2) is 61.9 Å². The molecule has 1 amide bonds. The highest BCUT2D eigenvalue weighted by molar-refractivity contribution is 5.85. The first-order valence-corrected chi connectivity index (χ1v) is 6.93. The first-order chi connectivity index (χ1) is 8.69. The van der Waals surface area contributed by atoms with Crippen LogP contribution in [-0.2, 0) is 14.3 Å². The van der Waals surface area contributed by atoms with Crippen LogP contribution in [0.3, 0.4) is 0 Å². The Balaban J connectivity index is 0.00000180. The molecule has 0 aromatic carbocycles. The molecule has 2 aliphatic heterocycles. The molecule has 0 spiro atoms. The van der Waals surface area contributed by atoms with Crippen molar-refractivity contribution in [3.8, 4) is 0 Å². The van der Waals surface area contributed by atoms with Crippen LogP contribution in [0.1, 0.15) is 26.7 Å². The molecule has 6 heteroatoms. The lowest BCUT2D eigenvalue weighted by Gasteiger charge is -2.37. The Morgan fingerprint density at radius 3 is 2.84 bits per heavy atom. The van der Waals surface area contributed by atoms with Gasteiger partial charge in [0.15, 0.2) is 0 Å². The Morgan fingerprint density at radius 1 is 1.42 bits per heavy atom. The van der Waals surface area contributed by atoms with Crippen LogP contribution in [0.2, 0.25) is 0 Å². The third-order valence-corrected chi connectivity index (χ3v) is 3.55. The lowest BCUT2D eigenvalue weighted by atomic mass is 10.1. The Bertz CT molecular complexity index is 285. The van der Waals surface area contributed by atoms with Gasteiger partial charge in [-0.2, -0.15) is 0 Å². The number of amides is 1. The van der Waals surface area contributed by atoms with Gasteiger partial charge in [-0.1, -0.05) is 6.92 Å². The van der Waals surface area contributed by atoms with E-state index in [4.69, 9.17) is 9.47 Å². The Morgan fingerprint density at radius 2 is 2.21 bits per heavy atom. The average molecular weight is 293 g/mol. The number of morpholine rings is 2. The number of halogens is 1. The molecular formula is C13H25ClN2O3. The van der Waals surface area contributed by atoms with E-state index in [9.17, 15) is 4.79 Å². The summed E-state index contributed by atoms with van der Waals surface area (Å²) >= 11 is 0. The van der Waals surface area contributed by atoms with E-state index in [2.05, 4.69) is 12.2 Å². The monoisotopic (exact) mass is 292 g/mol. The minimum absolute atomic E-state index is 0. The minimum atomic E-state index is 0. The maximum atomic E-state index is 12.2. The minimum Gasteiger partial charge on any atom is -0.378 e. The van der Waals surface area contributed by atoms with Gasteiger partial charge in [0.25, 0.3) is 0 Å². The zero-order valence-electron chi connectivity index (χ0n) is 11.8. The fraction of sp³-hybridized carbons (Fsp3) is 0.923. The van der Waals surface area contributed by atoms with Crippen molar-refractivity contribution in [3.05, 3.63) is 0 Å². The molecule has 0 bridgehead atoms. The van der Waals surface area contributed by atoms with Crippen molar-refractivity contribution in [2.75, 3.05) is 32.8 Å². The summed E-state index contributed by atoms with van der Waals surface area (Å²) in [6.07, 6.45) is 1.82. The molecule has 2 saturated heterocycles. The number of rotatable bonds is 3. The second-order valence-corrected chi connectivity index (χ2v) is 5.21. The van der Waals surface area contributed by atoms with Gasteiger partial charge in [0.2, 0.25) is 5.91 Å². The molecule has 0 aromatic heterocycles. The summed E-state index contributed by atoms with van der Waals surface area (Å²) in [5.74, 6) is 0.214. The zero-order valence-corrected chi connectivity index (χ0v) is 12.6. The van der Waals surface area contributed by atoms with Crippen molar-refractivity contribution in [2.45, 2.75) is 44.9 Å². The van der Waals surface area contributed by atoms with Crippen molar-refractivity contribution >= 4 is 18.3 Å². The predicted molar refractivity (Wildman–Crippen MR) is 75.7 cm³/mol. The quantitative estimate of drug-likeness (QED) is 0.836. The molecule has 3 unspecified atom stereocenters. The van der Waals surface area contributed by atoms with Crippen molar-refractivity contribution in [1.29, 1.82) is 0 Å². The second kappa shape index (κ2) is 8.04. The summed E-state index contributed by atoms with van der Waals surface area (Å²) in [5.41, 5.74) is 0. The lowest BCUT2D eigenvalue weighted by Crippen LogP contribution is -2.51. The zero-order chi connectivity index (χ0) is 13.0. The van der Waals surface area contributed by atoms with E-state index >= 15 is 0 Å². The van der Waals surface area contributed by atoms with Crippen LogP contribution < -0.4 is 5.32 Å². The summed E-state index contributed by atoms with van der Waals surface area (Å²) in [5, 5.41) is 3.32. The second-order valence-electron chi connectivity index (χ2n) is 5.21. The third kappa shape index (κ3) is 4.91. The normalized spacial score (nSPS) is 31.7. The van der Waals surface area contributed by atoms with Gasteiger partial charge in [0.1, 0.15) is 0 Å². The fourth-order valence-electron chi connectivity index (χ4n) is 2.56. The van der Waals surface area contributed by atoms with E-state index in [1.165, 1.54) is 0 Å². The molecule has 1 N–H and O–H groups in total. The van der Waals surface area contributed by atoms with Gasteiger partial charge >= 0.3 is 0 Å². The molecule has 3 atom stereocenters. The predicted octanol–water partition coefficient (Wildman–Crippen LogP) is 0.813. The molecule has 2 rings (SSSR count). The van der Waals surface area contributed by atoms with Gasteiger partial charge in [-0.05, 0) is 13.3 Å². The van der Waals surface area contributed by atoms with Gasteiger partial charge in [0, 0.05) is 32.1 Å². The summed E-state index contributed by atoms with van der Waals surface area (Å²) in [6.45, 7) is 7.80. The molecule has 112 valence electrons. The smallest absolute Gasteiger partial charge is 0.224 e. The standard InChI is InChI=1S/C13H24N2O3.ClH/c1-3-12-8-15(7-10(2)18-12)13(16)6-11-9-17-5-4-14-11;/h10-12,14H,3-9H2,1-2H3;1H. The summed E-state index contributed by atoms with van der Waals surface area (Å²) < 4.78 is 11.1. The topological polar surface area (TPSA) is 50.8 Å². The van der Waals surface area contributed by atoms with E-state index in [0.29, 0.717) is 19.6 Å². The largest absolute Gasteiger partial charge is 0.378 e. The average Bonchev–Trinajstić information content (AvgIpc) is 2.39. The number of nitrogens with one attached hydrogen (secondary N) is 1. The van der Waals surface area contributed by atoms with Gasteiger partial charge in [-0.25, -0.2) is 0 Å². The molecule has 5 nitrogen and oxygen atoms in total. The number of hydrogen-bond donors (Lipinski definition) is 1. The molecular weight excluding hydrogens is 268 g/mol. The Hall–Kier alpha value is -0.360. The highest BCUT2D eigenvalue weighted by Crippen LogP contribution is 2.15. The molecule has 0 saturated carbocycles. The Kier molecular flexibility index (Phi) is 7.07. The summed E-state index contributed by atoms with van der Waals surface area (Å²) in [7, 11) is 0. The van der Waals surface area contributed by atoms with Gasteiger partial charge < -0.3 is 19.7 Å². The summed E-state index contributed by atoms with van der Waals surface area (Å²) in [6, 6.07) is 0.171. The highest BCUT2D eigenvalue weighted by Gasteiger charge is 2.28. The number of carbonyl (C=O) groups is 1. The third-order valence-electron chi connectivity index (χ3n) is 3.55. The van der Waals surface area contributed by atoms with Gasteiger partial charge in [0.05, 0.1) is 25.4 Å². The molecule has 0 aromatic rings. The van der Waals surface area contributed by atoms with Gasteiger partial charge in [-0.15, -0.1) is 12.4 Å². The molecule has 0 radical (unpaired) electrons. The lowest BCUT2D eigenvalue weighted by molar-refractivity contribution is -0.145. The molecule has 0 aliphatic carbocycles. The van der Waals surface area contributed by atoms with E-state index in [1.807, 2.05) is 11.8 Å². The maximum Gasteiger partial charge on any atom is 0.224 e. The molecule has 2 fully saturated rings. The number of carbonyl (C=O) groups excluding carboxylic acids is 1. The fourth-order valence-corrected chi connectivity index (χ4v) is 2.56. The summed E-state index contributed by atoms with van der Waals surface area (Å²) in [4.78, 5) is 14.2. The SMILES string of the molecule is CCC1CN(C(=O)CC2COCCN2)CC(C)O1.Cl. The van der Waals surface area contributed by atoms with Crippen molar-refractivity contribution < 1.29 is 14.3 Å². The van der Waals surface area contributed by atoms with E-state index in [-0.39, 0.29) is 36.6 Å². The van der Waals surface area contributed by atoms with E-state index in [0.717, 1.165) is 26.1 Å². The Labute approximate surface area is 121 Å². The van der Waals surface area contributed by atoms with Crippen molar-refractivity contribution in [1.82, 2.24) is 10.2 Å². The van der Waals surface area contributed by atoms with Crippen LogP contribution >= 0.6 is 12.4 Å². The van der Waals surface area contributed by atoms with Crippen LogP contribution in [0.15, 0.2) is 0 Å². The molecule has 2 aliphatic rings. The van der Waals surface area contributed by atoms with Crippen LogP contribution in [0.4, 0.5) is 0 Å². The van der Waals surface area contributed by atoms with Crippen molar-refractivity contribution in [2.24, 2.45) is 0 Å².